The number of nitrogens with zero attached hydrogens (tertiary/aromatic N) is 1. The lowest BCUT2D eigenvalue weighted by atomic mass is 10.0. The molecule has 0 saturated carbocycles. The van der Waals surface area contributed by atoms with Gasteiger partial charge in [-0.25, -0.2) is 8.78 Å². The first-order valence-electron chi connectivity index (χ1n) is 12.6. The van der Waals surface area contributed by atoms with E-state index in [0.717, 1.165) is 31.5 Å². The van der Waals surface area contributed by atoms with Crippen molar-refractivity contribution in [2.24, 2.45) is 0 Å². The first kappa shape index (κ1) is 28.4. The SMILES string of the molecule is CCOc1cc(CN2CCC(NC(=O)c3cc(OCCF)cc(OCCF)c3)CC2)cc(OCC)c1F. The van der Waals surface area contributed by atoms with Crippen LogP contribution in [0.25, 0.3) is 0 Å². The van der Waals surface area contributed by atoms with Gasteiger partial charge in [0.2, 0.25) is 5.82 Å². The van der Waals surface area contributed by atoms with Crippen molar-refractivity contribution in [3.63, 3.8) is 0 Å². The molecule has 0 spiro atoms. The summed E-state index contributed by atoms with van der Waals surface area (Å²) in [7, 11) is 0. The standard InChI is InChI=1S/C27H35F3N2O5/c1-3-34-24-13-19(14-25(26(24)30)35-4-2)18-32-9-5-21(6-10-32)31-27(33)20-15-22(36-11-7-28)17-23(16-20)37-12-8-29/h13-17,21H,3-12,18H2,1-2H3,(H,31,33). The van der Waals surface area contributed by atoms with E-state index in [1.165, 1.54) is 18.2 Å². The van der Waals surface area contributed by atoms with E-state index in [2.05, 4.69) is 10.2 Å². The number of rotatable bonds is 14. The maximum atomic E-state index is 14.5. The molecule has 0 atom stereocenters. The van der Waals surface area contributed by atoms with Crippen LogP contribution in [0.15, 0.2) is 30.3 Å². The number of amides is 1. The van der Waals surface area contributed by atoms with Crippen molar-refractivity contribution in [2.45, 2.75) is 39.3 Å². The number of carbonyl (C=O) groups excluding carboxylic acids is 1. The largest absolute Gasteiger partial charge is 0.491 e. The van der Waals surface area contributed by atoms with Crippen LogP contribution in [-0.4, -0.2) is 69.7 Å². The fraction of sp³-hybridized carbons (Fsp3) is 0.519. The fourth-order valence-electron chi connectivity index (χ4n) is 4.18. The van der Waals surface area contributed by atoms with Crippen LogP contribution in [-0.2, 0) is 6.54 Å². The van der Waals surface area contributed by atoms with Crippen LogP contribution in [0.1, 0.15) is 42.6 Å². The molecule has 204 valence electrons. The molecule has 2 aromatic rings. The second-order valence-corrected chi connectivity index (χ2v) is 8.56. The van der Waals surface area contributed by atoms with Gasteiger partial charge < -0.3 is 24.3 Å². The molecule has 0 bridgehead atoms. The lowest BCUT2D eigenvalue weighted by Gasteiger charge is -2.32. The molecule has 37 heavy (non-hydrogen) atoms. The van der Waals surface area contributed by atoms with Crippen LogP contribution < -0.4 is 24.3 Å². The maximum absolute atomic E-state index is 14.5. The van der Waals surface area contributed by atoms with Crippen molar-refractivity contribution in [1.82, 2.24) is 10.2 Å². The molecular weight excluding hydrogens is 489 g/mol. The molecule has 1 fully saturated rings. The van der Waals surface area contributed by atoms with Crippen molar-refractivity contribution in [3.8, 4) is 23.0 Å². The zero-order valence-corrected chi connectivity index (χ0v) is 21.4. The van der Waals surface area contributed by atoms with E-state index in [4.69, 9.17) is 18.9 Å². The Hall–Kier alpha value is -3.14. The molecule has 10 heteroatoms. The number of nitrogens with one attached hydrogen (secondary N) is 1. The molecule has 1 amide bonds. The van der Waals surface area contributed by atoms with Gasteiger partial charge >= 0.3 is 0 Å². The minimum atomic E-state index is -0.673. The number of piperidine rings is 1. The minimum Gasteiger partial charge on any atom is -0.491 e. The van der Waals surface area contributed by atoms with E-state index >= 15 is 0 Å². The number of alkyl halides is 2. The highest BCUT2D eigenvalue weighted by molar-refractivity contribution is 5.95. The number of carbonyl (C=O) groups is 1. The Bertz CT molecular complexity index is 962. The summed E-state index contributed by atoms with van der Waals surface area (Å²) in [4.78, 5) is 15.2. The van der Waals surface area contributed by atoms with E-state index in [9.17, 15) is 18.0 Å². The molecule has 0 radical (unpaired) electrons. The number of ether oxygens (including phenoxy) is 4. The van der Waals surface area contributed by atoms with Crippen LogP contribution in [0.2, 0.25) is 0 Å². The summed E-state index contributed by atoms with van der Waals surface area (Å²) < 4.78 is 61.1. The molecule has 0 unspecified atom stereocenters. The Labute approximate surface area is 215 Å². The summed E-state index contributed by atoms with van der Waals surface area (Å²) >= 11 is 0. The highest BCUT2D eigenvalue weighted by Crippen LogP contribution is 2.30. The van der Waals surface area contributed by atoms with Crippen LogP contribution in [0, 0.1) is 5.82 Å². The average molecular weight is 525 g/mol. The zero-order valence-electron chi connectivity index (χ0n) is 21.4. The summed E-state index contributed by atoms with van der Waals surface area (Å²) in [5, 5.41) is 3.03. The molecule has 1 saturated heterocycles. The van der Waals surface area contributed by atoms with Crippen molar-refractivity contribution in [2.75, 3.05) is 52.9 Å². The molecule has 1 N–H and O–H groups in total. The van der Waals surface area contributed by atoms with Gasteiger partial charge in [-0.1, -0.05) is 0 Å². The quantitative estimate of drug-likeness (QED) is 0.386. The third-order valence-electron chi connectivity index (χ3n) is 5.83. The van der Waals surface area contributed by atoms with Gasteiger partial charge in [0.25, 0.3) is 5.91 Å². The topological polar surface area (TPSA) is 69.3 Å². The molecule has 1 aliphatic rings. The molecule has 3 rings (SSSR count). The predicted molar refractivity (Wildman–Crippen MR) is 134 cm³/mol. The van der Waals surface area contributed by atoms with Gasteiger partial charge in [-0.3, -0.25) is 9.69 Å². The summed E-state index contributed by atoms with van der Waals surface area (Å²) in [5.74, 6) is 0.121. The van der Waals surface area contributed by atoms with Crippen LogP contribution in [0.5, 0.6) is 23.0 Å². The van der Waals surface area contributed by atoms with Gasteiger partial charge in [-0.2, -0.15) is 4.39 Å². The summed E-state index contributed by atoms with van der Waals surface area (Å²) in [6, 6.07) is 7.90. The lowest BCUT2D eigenvalue weighted by molar-refractivity contribution is 0.0907. The summed E-state index contributed by atoms with van der Waals surface area (Å²) in [6.45, 7) is 4.73. The minimum absolute atomic E-state index is 0.0411. The van der Waals surface area contributed by atoms with E-state index in [-0.39, 0.29) is 48.2 Å². The number of hydrogen-bond donors (Lipinski definition) is 1. The highest BCUT2D eigenvalue weighted by Gasteiger charge is 2.23. The Balaban J connectivity index is 1.59. The smallest absolute Gasteiger partial charge is 0.251 e. The second kappa shape index (κ2) is 14.6. The third-order valence-corrected chi connectivity index (χ3v) is 5.83. The van der Waals surface area contributed by atoms with Crippen molar-refractivity contribution in [3.05, 3.63) is 47.3 Å². The number of likely N-dealkylation sites (tertiary alicyclic amines) is 1. The summed E-state index contributed by atoms with van der Waals surface area (Å²) in [6.07, 6.45) is 1.46. The van der Waals surface area contributed by atoms with Gasteiger partial charge in [-0.15, -0.1) is 0 Å². The number of halogens is 3. The van der Waals surface area contributed by atoms with Crippen LogP contribution in [0.4, 0.5) is 13.2 Å². The van der Waals surface area contributed by atoms with Gasteiger partial charge in [0.15, 0.2) is 11.5 Å². The van der Waals surface area contributed by atoms with E-state index in [1.54, 1.807) is 26.0 Å². The Morgan fingerprint density at radius 3 is 1.92 bits per heavy atom. The molecule has 0 aromatic heterocycles. The van der Waals surface area contributed by atoms with Gasteiger partial charge in [0.05, 0.1) is 13.2 Å². The molecule has 7 nitrogen and oxygen atoms in total. The summed E-state index contributed by atoms with van der Waals surface area (Å²) in [5.41, 5.74) is 1.19. The van der Waals surface area contributed by atoms with Gasteiger partial charge in [0.1, 0.15) is 38.1 Å². The van der Waals surface area contributed by atoms with E-state index in [0.29, 0.717) is 25.3 Å². The third kappa shape index (κ3) is 8.45. The average Bonchev–Trinajstić information content (AvgIpc) is 2.90. The van der Waals surface area contributed by atoms with Crippen molar-refractivity contribution < 1.29 is 36.9 Å². The molecule has 1 aliphatic heterocycles. The Morgan fingerprint density at radius 2 is 1.43 bits per heavy atom. The van der Waals surface area contributed by atoms with Crippen LogP contribution >= 0.6 is 0 Å². The van der Waals surface area contributed by atoms with Gasteiger partial charge in [-0.05, 0) is 56.5 Å². The van der Waals surface area contributed by atoms with E-state index in [1.807, 2.05) is 0 Å². The van der Waals surface area contributed by atoms with E-state index < -0.39 is 19.2 Å². The Kier molecular flexibility index (Phi) is 11.2. The van der Waals surface area contributed by atoms with Crippen LogP contribution in [0.3, 0.4) is 0 Å². The zero-order chi connectivity index (χ0) is 26.6. The number of hydrogen-bond acceptors (Lipinski definition) is 6. The fourth-order valence-corrected chi connectivity index (χ4v) is 4.18. The molecule has 0 aliphatic carbocycles. The second-order valence-electron chi connectivity index (χ2n) is 8.56. The molecule has 1 heterocycles. The molecule has 2 aromatic carbocycles. The highest BCUT2D eigenvalue weighted by atomic mass is 19.1. The molecular formula is C27H35F3N2O5. The Morgan fingerprint density at radius 1 is 0.892 bits per heavy atom. The first-order chi connectivity index (χ1) is 18.0. The number of benzene rings is 2. The van der Waals surface area contributed by atoms with Crippen molar-refractivity contribution >= 4 is 5.91 Å². The lowest BCUT2D eigenvalue weighted by Crippen LogP contribution is -2.44. The normalized spacial score (nSPS) is 14.3. The maximum Gasteiger partial charge on any atom is 0.251 e. The van der Waals surface area contributed by atoms with Gasteiger partial charge in [0, 0.05) is 37.3 Å². The first-order valence-corrected chi connectivity index (χ1v) is 12.6. The van der Waals surface area contributed by atoms with Crippen molar-refractivity contribution in [1.29, 1.82) is 0 Å². The predicted octanol–water partition coefficient (Wildman–Crippen LogP) is 4.71. The monoisotopic (exact) mass is 524 g/mol.